The maximum absolute atomic E-state index is 13.9. The summed E-state index contributed by atoms with van der Waals surface area (Å²) >= 11 is 0. The van der Waals surface area contributed by atoms with Gasteiger partial charge in [-0.15, -0.1) is 0 Å². The van der Waals surface area contributed by atoms with Gasteiger partial charge in [-0.25, -0.2) is 28.1 Å². The Bertz CT molecular complexity index is 1810. The highest BCUT2D eigenvalue weighted by Crippen LogP contribution is 2.49. The van der Waals surface area contributed by atoms with Crippen molar-refractivity contribution in [2.75, 3.05) is 11.3 Å². The minimum atomic E-state index is -4.02. The molecular formula is C37H45N5O4S. The van der Waals surface area contributed by atoms with Crippen LogP contribution >= 0.6 is 0 Å². The summed E-state index contributed by atoms with van der Waals surface area (Å²) in [6.45, 7) is 12.9. The third-order valence-electron chi connectivity index (χ3n) is 9.36. The molecule has 248 valence electrons. The maximum Gasteiger partial charge on any atom is 0.264 e. The first-order chi connectivity index (χ1) is 22.5. The molecule has 0 spiro atoms. The maximum atomic E-state index is 13.9. The summed E-state index contributed by atoms with van der Waals surface area (Å²) in [5, 5.41) is 0. The Morgan fingerprint density at radius 1 is 0.957 bits per heavy atom. The van der Waals surface area contributed by atoms with Crippen molar-refractivity contribution >= 4 is 16.0 Å². The highest BCUT2D eigenvalue weighted by atomic mass is 32.2. The summed E-state index contributed by atoms with van der Waals surface area (Å²) in [5.74, 6) is 2.43. The van der Waals surface area contributed by atoms with Crippen LogP contribution in [0.3, 0.4) is 0 Å². The van der Waals surface area contributed by atoms with Crippen molar-refractivity contribution in [3.63, 3.8) is 0 Å². The molecule has 10 heteroatoms. The van der Waals surface area contributed by atoms with Crippen LogP contribution in [-0.2, 0) is 10.0 Å². The molecule has 0 radical (unpaired) electrons. The van der Waals surface area contributed by atoms with Gasteiger partial charge in [-0.1, -0.05) is 57.0 Å². The van der Waals surface area contributed by atoms with E-state index in [4.69, 9.17) is 19.4 Å². The number of aromatic nitrogens is 4. The van der Waals surface area contributed by atoms with Crippen molar-refractivity contribution in [2.24, 2.45) is 17.8 Å². The van der Waals surface area contributed by atoms with Gasteiger partial charge in [0.05, 0.1) is 35.7 Å². The second kappa shape index (κ2) is 13.6. The molecule has 4 bridgehead atoms. The lowest BCUT2D eigenvalue weighted by Gasteiger charge is -2.36. The van der Waals surface area contributed by atoms with Crippen LogP contribution in [0.2, 0.25) is 0 Å². The number of ether oxygens (including phenoxy) is 2. The lowest BCUT2D eigenvalue weighted by atomic mass is 9.70. The second-order valence-electron chi connectivity index (χ2n) is 13.7. The van der Waals surface area contributed by atoms with Gasteiger partial charge < -0.3 is 9.47 Å². The first kappa shape index (κ1) is 32.9. The third kappa shape index (κ3) is 7.27. The summed E-state index contributed by atoms with van der Waals surface area (Å²) in [6, 6.07) is 15.2. The van der Waals surface area contributed by atoms with Crippen LogP contribution < -0.4 is 14.2 Å². The number of hydrogen-bond acceptors (Lipinski definition) is 8. The molecule has 1 saturated carbocycles. The zero-order valence-corrected chi connectivity index (χ0v) is 28.9. The minimum Gasteiger partial charge on any atom is -0.488 e. The van der Waals surface area contributed by atoms with Gasteiger partial charge in [0, 0.05) is 29.4 Å². The topological polar surface area (TPSA) is 116 Å². The first-order valence-electron chi connectivity index (χ1n) is 16.7. The number of nitrogens with one attached hydrogen (secondary N) is 1. The molecular weight excluding hydrogens is 611 g/mol. The molecule has 1 N–H and O–H groups in total. The number of sulfonamides is 1. The Morgan fingerprint density at radius 2 is 1.68 bits per heavy atom. The van der Waals surface area contributed by atoms with E-state index in [0.717, 1.165) is 53.8 Å². The van der Waals surface area contributed by atoms with Crippen molar-refractivity contribution in [1.82, 2.24) is 19.9 Å². The van der Waals surface area contributed by atoms with Crippen LogP contribution in [-0.4, -0.2) is 41.1 Å². The molecule has 2 aliphatic rings. The zero-order valence-electron chi connectivity index (χ0n) is 28.1. The largest absolute Gasteiger partial charge is 0.488 e. The smallest absolute Gasteiger partial charge is 0.264 e. The fourth-order valence-corrected chi connectivity index (χ4v) is 8.48. The Hall–Kier alpha value is -4.05. The van der Waals surface area contributed by atoms with Gasteiger partial charge in [0.1, 0.15) is 5.82 Å². The third-order valence-corrected chi connectivity index (χ3v) is 10.7. The molecule has 1 aliphatic carbocycles. The van der Waals surface area contributed by atoms with Crippen molar-refractivity contribution < 1.29 is 17.9 Å². The van der Waals surface area contributed by atoms with E-state index in [1.165, 1.54) is 0 Å². The lowest BCUT2D eigenvalue weighted by molar-refractivity contribution is 0.141. The highest BCUT2D eigenvalue weighted by molar-refractivity contribution is 7.92. The number of hydrogen-bond donors (Lipinski definition) is 1. The molecule has 0 saturated heterocycles. The van der Waals surface area contributed by atoms with Crippen LogP contribution in [0.4, 0.5) is 5.95 Å². The number of anilines is 1. The van der Waals surface area contributed by atoms with Crippen LogP contribution in [0.1, 0.15) is 87.7 Å². The predicted octanol–water partition coefficient (Wildman–Crippen LogP) is 7.86. The van der Waals surface area contributed by atoms with Gasteiger partial charge in [-0.05, 0) is 81.2 Å². The molecule has 9 nitrogen and oxygen atoms in total. The summed E-state index contributed by atoms with van der Waals surface area (Å²) in [6.07, 6.45) is 7.48. The Morgan fingerprint density at radius 3 is 2.38 bits per heavy atom. The summed E-state index contributed by atoms with van der Waals surface area (Å²) in [4.78, 5) is 19.1. The van der Waals surface area contributed by atoms with Crippen LogP contribution in [0.5, 0.6) is 11.6 Å². The van der Waals surface area contributed by atoms with E-state index in [2.05, 4.69) is 28.5 Å². The molecule has 0 amide bonds. The van der Waals surface area contributed by atoms with Gasteiger partial charge in [0.15, 0.2) is 5.75 Å². The van der Waals surface area contributed by atoms with E-state index in [1.54, 1.807) is 24.5 Å². The van der Waals surface area contributed by atoms with E-state index in [1.807, 2.05) is 64.1 Å². The van der Waals surface area contributed by atoms with Gasteiger partial charge in [0.2, 0.25) is 11.8 Å². The highest BCUT2D eigenvalue weighted by Gasteiger charge is 2.41. The van der Waals surface area contributed by atoms with E-state index in [0.29, 0.717) is 35.8 Å². The molecule has 4 aromatic rings. The second-order valence-corrected chi connectivity index (χ2v) is 15.4. The minimum absolute atomic E-state index is 0.0164. The molecule has 6 rings (SSSR count). The summed E-state index contributed by atoms with van der Waals surface area (Å²) in [7, 11) is -4.02. The van der Waals surface area contributed by atoms with Crippen molar-refractivity contribution in [3.05, 3.63) is 83.4 Å². The molecule has 47 heavy (non-hydrogen) atoms. The normalized spacial score (nSPS) is 22.2. The summed E-state index contributed by atoms with van der Waals surface area (Å²) < 4.78 is 43.0. The van der Waals surface area contributed by atoms with Gasteiger partial charge in [-0.2, -0.15) is 4.98 Å². The monoisotopic (exact) mass is 655 g/mol. The van der Waals surface area contributed by atoms with E-state index in [-0.39, 0.29) is 34.7 Å². The Labute approximate surface area is 278 Å². The number of aryl methyl sites for hydroxylation is 2. The number of fused-ring (bicyclic) bond motifs is 6. The molecule has 1 fully saturated rings. The number of rotatable bonds is 6. The quantitative estimate of drug-likeness (QED) is 0.223. The predicted molar refractivity (Wildman–Crippen MR) is 183 cm³/mol. The van der Waals surface area contributed by atoms with E-state index >= 15 is 0 Å². The van der Waals surface area contributed by atoms with Gasteiger partial charge in [0.25, 0.3) is 10.0 Å². The van der Waals surface area contributed by atoms with E-state index < -0.39 is 10.0 Å². The molecule has 3 heterocycles. The molecule has 4 unspecified atom stereocenters. The van der Waals surface area contributed by atoms with Gasteiger partial charge in [-0.3, -0.25) is 0 Å². The van der Waals surface area contributed by atoms with Crippen LogP contribution in [0.15, 0.2) is 65.8 Å². The Kier molecular flexibility index (Phi) is 9.50. The standard InChI is InChI=1S/C37H45N5O4S/c1-22(2)16-26-12-9-15-30(36-38-19-28(20-39-36)46-23(3)4)35-27-13-8-14-29(17-27)47(43,44)42-37-40-32(18-33(41-37)45-21-31(26)35)34-24(5)10-7-11-25(34)6/h7-8,10-11,13-14,17-20,22-23,26,30-31,35H,9,12,15-16,21H2,1-6H3,(H,40,41,42). The molecule has 4 atom stereocenters. The van der Waals surface area contributed by atoms with Crippen molar-refractivity contribution in [1.29, 1.82) is 0 Å². The van der Waals surface area contributed by atoms with E-state index in [9.17, 15) is 8.42 Å². The van der Waals surface area contributed by atoms with Crippen LogP contribution in [0, 0.1) is 31.6 Å². The summed E-state index contributed by atoms with van der Waals surface area (Å²) in [5.41, 5.74) is 4.55. The van der Waals surface area contributed by atoms with Gasteiger partial charge >= 0.3 is 0 Å². The fourth-order valence-electron chi connectivity index (χ4n) is 7.48. The van der Waals surface area contributed by atoms with Crippen molar-refractivity contribution in [3.8, 4) is 22.9 Å². The molecule has 2 aromatic heterocycles. The zero-order chi connectivity index (χ0) is 33.3. The average molecular weight is 656 g/mol. The Balaban J connectivity index is 1.51. The molecule has 1 aliphatic heterocycles. The van der Waals surface area contributed by atoms with Crippen LogP contribution in [0.25, 0.3) is 11.3 Å². The SMILES string of the molecule is Cc1cccc(C)c1-c1cc2nc(n1)NS(=O)(=O)c1cccc(c1)C1C(c3ncc(OC(C)C)cn3)CCCC(CC(C)C)C1CO2. The average Bonchev–Trinajstić information content (AvgIpc) is 3.18. The number of benzene rings is 2. The first-order valence-corrected chi connectivity index (χ1v) is 18.2. The fraction of sp³-hybridized carbons (Fsp3) is 0.459. The lowest BCUT2D eigenvalue weighted by Crippen LogP contribution is -2.32. The van der Waals surface area contributed by atoms with Crippen molar-refractivity contribution in [2.45, 2.75) is 90.1 Å². The molecule has 2 aromatic carbocycles. The number of nitrogens with zero attached hydrogens (tertiary/aromatic N) is 4.